The predicted octanol–water partition coefficient (Wildman–Crippen LogP) is 2.74. The van der Waals surface area contributed by atoms with E-state index in [0.717, 1.165) is 24.3 Å². The highest BCUT2D eigenvalue weighted by Crippen LogP contribution is 2.28. The molecule has 0 saturated carbocycles. The average molecular weight is 256 g/mol. The van der Waals surface area contributed by atoms with Gasteiger partial charge in [0.1, 0.15) is 0 Å². The number of carbonyl (C=O) groups is 1. The monoisotopic (exact) mass is 256 g/mol. The number of hydrogen-bond donors (Lipinski definition) is 1. The lowest BCUT2D eigenvalue weighted by Gasteiger charge is -2.07. The van der Waals surface area contributed by atoms with Crippen LogP contribution in [0.25, 0.3) is 0 Å². The van der Waals surface area contributed by atoms with E-state index in [-0.39, 0.29) is 5.56 Å². The van der Waals surface area contributed by atoms with Gasteiger partial charge in [0.25, 0.3) is 5.91 Å². The summed E-state index contributed by atoms with van der Waals surface area (Å²) < 4.78 is 36.8. The molecule has 0 aliphatic heterocycles. The lowest BCUT2D eigenvalue weighted by Crippen LogP contribution is -2.24. The minimum atomic E-state index is -4.40. The molecule has 0 aromatic heterocycles. The van der Waals surface area contributed by atoms with Gasteiger partial charge in [-0.3, -0.25) is 4.79 Å². The van der Waals surface area contributed by atoms with Crippen LogP contribution in [0.2, 0.25) is 0 Å². The Morgan fingerprint density at radius 2 is 1.89 bits per heavy atom. The Kier molecular flexibility index (Phi) is 4.72. The van der Waals surface area contributed by atoms with Gasteiger partial charge in [0.15, 0.2) is 0 Å². The number of unbranched alkanes of at least 4 members (excludes halogenated alkanes) is 1. The van der Waals surface area contributed by atoms with E-state index in [1.54, 1.807) is 0 Å². The maximum atomic E-state index is 12.3. The SMILES string of the molecule is N#CCCCNC(=O)c1ccc(C(F)(F)F)cc1. The third-order valence-corrected chi connectivity index (χ3v) is 2.23. The molecule has 1 aromatic rings. The molecule has 0 aliphatic carbocycles. The molecular weight excluding hydrogens is 245 g/mol. The number of alkyl halides is 3. The Balaban J connectivity index is 2.57. The molecule has 1 N–H and O–H groups in total. The topological polar surface area (TPSA) is 52.9 Å². The van der Waals surface area contributed by atoms with Crippen molar-refractivity contribution >= 4 is 5.91 Å². The molecule has 0 atom stereocenters. The van der Waals surface area contributed by atoms with Crippen molar-refractivity contribution in [3.63, 3.8) is 0 Å². The molecule has 0 spiro atoms. The zero-order chi connectivity index (χ0) is 13.6. The molecule has 0 fully saturated rings. The van der Waals surface area contributed by atoms with Crippen molar-refractivity contribution in [2.45, 2.75) is 19.0 Å². The van der Waals surface area contributed by atoms with Crippen LogP contribution in [-0.4, -0.2) is 12.5 Å². The number of nitriles is 1. The van der Waals surface area contributed by atoms with Gasteiger partial charge in [0.2, 0.25) is 0 Å². The van der Waals surface area contributed by atoms with Crippen molar-refractivity contribution in [3.05, 3.63) is 35.4 Å². The van der Waals surface area contributed by atoms with E-state index in [4.69, 9.17) is 5.26 Å². The first-order valence-electron chi connectivity index (χ1n) is 5.27. The fourth-order valence-corrected chi connectivity index (χ4v) is 1.28. The summed E-state index contributed by atoms with van der Waals surface area (Å²) in [4.78, 5) is 11.5. The second kappa shape index (κ2) is 6.05. The largest absolute Gasteiger partial charge is 0.416 e. The molecule has 6 heteroatoms. The average Bonchev–Trinajstić information content (AvgIpc) is 2.33. The maximum Gasteiger partial charge on any atom is 0.416 e. The first-order valence-corrected chi connectivity index (χ1v) is 5.27. The molecule has 3 nitrogen and oxygen atoms in total. The van der Waals surface area contributed by atoms with Crippen LogP contribution in [0.4, 0.5) is 13.2 Å². The summed E-state index contributed by atoms with van der Waals surface area (Å²) in [6, 6.07) is 5.91. The highest BCUT2D eigenvalue weighted by Gasteiger charge is 2.30. The fraction of sp³-hybridized carbons (Fsp3) is 0.333. The number of carbonyl (C=O) groups excluding carboxylic acids is 1. The van der Waals surface area contributed by atoms with Gasteiger partial charge in [-0.15, -0.1) is 0 Å². The Labute approximate surface area is 102 Å². The summed E-state index contributed by atoms with van der Waals surface area (Å²) in [6.45, 7) is 0.327. The Morgan fingerprint density at radius 3 is 2.39 bits per heavy atom. The molecule has 1 rings (SSSR count). The van der Waals surface area contributed by atoms with Crippen LogP contribution in [0.15, 0.2) is 24.3 Å². The molecular formula is C12H11F3N2O. The molecule has 1 amide bonds. The summed E-state index contributed by atoms with van der Waals surface area (Å²) in [5.74, 6) is -0.443. The van der Waals surface area contributed by atoms with Crippen molar-refractivity contribution < 1.29 is 18.0 Å². The number of benzene rings is 1. The molecule has 1 aromatic carbocycles. The van der Waals surface area contributed by atoms with Crippen molar-refractivity contribution in [2.75, 3.05) is 6.54 Å². The van der Waals surface area contributed by atoms with Gasteiger partial charge in [-0.25, -0.2) is 0 Å². The second-order valence-electron chi connectivity index (χ2n) is 3.59. The Morgan fingerprint density at radius 1 is 1.28 bits per heavy atom. The first kappa shape index (κ1) is 14.0. The van der Waals surface area contributed by atoms with E-state index < -0.39 is 17.6 Å². The van der Waals surface area contributed by atoms with E-state index in [2.05, 4.69) is 5.32 Å². The van der Waals surface area contributed by atoms with Gasteiger partial charge >= 0.3 is 6.18 Å². The molecule has 0 aliphatic rings. The van der Waals surface area contributed by atoms with Crippen LogP contribution >= 0.6 is 0 Å². The minimum Gasteiger partial charge on any atom is -0.352 e. The highest BCUT2D eigenvalue weighted by atomic mass is 19.4. The van der Waals surface area contributed by atoms with E-state index in [0.29, 0.717) is 19.4 Å². The summed E-state index contributed by atoms with van der Waals surface area (Å²) in [6.07, 6.45) is -3.56. The zero-order valence-corrected chi connectivity index (χ0v) is 9.42. The maximum absolute atomic E-state index is 12.3. The summed E-state index contributed by atoms with van der Waals surface area (Å²) in [7, 11) is 0. The number of halogens is 3. The fourth-order valence-electron chi connectivity index (χ4n) is 1.28. The van der Waals surface area contributed by atoms with Crippen molar-refractivity contribution in [1.29, 1.82) is 5.26 Å². The molecule has 0 bridgehead atoms. The van der Waals surface area contributed by atoms with E-state index in [9.17, 15) is 18.0 Å². The van der Waals surface area contributed by atoms with E-state index in [1.165, 1.54) is 0 Å². The van der Waals surface area contributed by atoms with Gasteiger partial charge in [-0.05, 0) is 30.7 Å². The van der Waals surface area contributed by atoms with Gasteiger partial charge in [-0.2, -0.15) is 18.4 Å². The third-order valence-electron chi connectivity index (χ3n) is 2.23. The number of hydrogen-bond acceptors (Lipinski definition) is 2. The first-order chi connectivity index (χ1) is 8.45. The van der Waals surface area contributed by atoms with E-state index in [1.807, 2.05) is 6.07 Å². The van der Waals surface area contributed by atoms with Crippen LogP contribution < -0.4 is 5.32 Å². The summed E-state index contributed by atoms with van der Waals surface area (Å²) in [5, 5.41) is 10.8. The zero-order valence-electron chi connectivity index (χ0n) is 9.42. The van der Waals surface area contributed by atoms with Crippen LogP contribution in [-0.2, 0) is 6.18 Å². The Hall–Kier alpha value is -2.03. The van der Waals surface area contributed by atoms with Crippen LogP contribution in [0.1, 0.15) is 28.8 Å². The molecule has 18 heavy (non-hydrogen) atoms. The van der Waals surface area contributed by atoms with Crippen LogP contribution in [0.3, 0.4) is 0 Å². The second-order valence-corrected chi connectivity index (χ2v) is 3.59. The molecule has 0 unspecified atom stereocenters. The minimum absolute atomic E-state index is 0.167. The van der Waals surface area contributed by atoms with Gasteiger partial charge in [0, 0.05) is 18.5 Å². The van der Waals surface area contributed by atoms with Gasteiger partial charge in [-0.1, -0.05) is 0 Å². The summed E-state index contributed by atoms with van der Waals surface area (Å²) in [5.41, 5.74) is -0.622. The van der Waals surface area contributed by atoms with Gasteiger partial charge in [0.05, 0.1) is 11.6 Å². The number of nitrogens with one attached hydrogen (secondary N) is 1. The van der Waals surface area contributed by atoms with Crippen molar-refractivity contribution in [1.82, 2.24) is 5.32 Å². The Bertz CT molecular complexity index is 446. The predicted molar refractivity (Wildman–Crippen MR) is 58.6 cm³/mol. The van der Waals surface area contributed by atoms with E-state index >= 15 is 0 Å². The normalized spacial score (nSPS) is 10.8. The van der Waals surface area contributed by atoms with Crippen LogP contribution in [0, 0.1) is 11.3 Å². The number of nitrogens with zero attached hydrogens (tertiary/aromatic N) is 1. The standard InChI is InChI=1S/C12H11F3N2O/c13-12(14,15)10-5-3-9(4-6-10)11(18)17-8-2-1-7-16/h3-6H,1-2,8H2,(H,17,18). The molecule has 0 saturated heterocycles. The van der Waals surface area contributed by atoms with Crippen molar-refractivity contribution in [3.8, 4) is 6.07 Å². The third kappa shape index (κ3) is 4.09. The van der Waals surface area contributed by atoms with Crippen molar-refractivity contribution in [2.24, 2.45) is 0 Å². The van der Waals surface area contributed by atoms with Crippen LogP contribution in [0.5, 0.6) is 0 Å². The molecule has 0 heterocycles. The quantitative estimate of drug-likeness (QED) is 0.842. The highest BCUT2D eigenvalue weighted by molar-refractivity contribution is 5.94. The lowest BCUT2D eigenvalue weighted by atomic mass is 10.1. The smallest absolute Gasteiger partial charge is 0.352 e. The summed E-state index contributed by atoms with van der Waals surface area (Å²) >= 11 is 0. The number of rotatable bonds is 4. The van der Waals surface area contributed by atoms with Gasteiger partial charge < -0.3 is 5.32 Å². The molecule has 96 valence electrons. The molecule has 0 radical (unpaired) electrons. The number of amides is 1. The lowest BCUT2D eigenvalue weighted by molar-refractivity contribution is -0.137.